The van der Waals surface area contributed by atoms with Crippen molar-refractivity contribution in [2.24, 2.45) is 0 Å². The molecule has 0 unspecified atom stereocenters. The van der Waals surface area contributed by atoms with Gasteiger partial charge in [-0.25, -0.2) is 0 Å². The van der Waals surface area contributed by atoms with Crippen LogP contribution in [0.1, 0.15) is 11.1 Å². The Labute approximate surface area is 107 Å². The molecule has 0 aromatic heterocycles. The van der Waals surface area contributed by atoms with E-state index in [1.54, 1.807) is 12.1 Å². The molecule has 0 saturated carbocycles. The number of phenolic OH excluding ortho intramolecular Hbond substituents is 1. The Balaban J connectivity index is 2.21. The summed E-state index contributed by atoms with van der Waals surface area (Å²) in [7, 11) is 2.00. The summed E-state index contributed by atoms with van der Waals surface area (Å²) in [5.74, 6) is 0.281. The number of aryl methyl sites for hydroxylation is 1. The molecule has 0 heterocycles. The van der Waals surface area contributed by atoms with Crippen LogP contribution in [0, 0.1) is 6.92 Å². The van der Waals surface area contributed by atoms with Crippen LogP contribution < -0.4 is 10.6 Å². The zero-order valence-electron chi connectivity index (χ0n) is 10.7. The molecule has 0 aliphatic carbocycles. The molecule has 94 valence electrons. The van der Waals surface area contributed by atoms with Gasteiger partial charge in [-0.05, 0) is 42.8 Å². The number of nitrogens with two attached hydrogens (primary N) is 1. The molecule has 0 radical (unpaired) electrons. The van der Waals surface area contributed by atoms with Crippen molar-refractivity contribution in [2.75, 3.05) is 17.7 Å². The van der Waals surface area contributed by atoms with Crippen molar-refractivity contribution in [1.29, 1.82) is 0 Å². The molecule has 0 saturated heterocycles. The average Bonchev–Trinajstić information content (AvgIpc) is 2.34. The van der Waals surface area contributed by atoms with E-state index >= 15 is 0 Å². The molecular formula is C15H18N2O. The smallest absolute Gasteiger partial charge is 0.120 e. The molecule has 3 N–H and O–H groups in total. The first-order valence-electron chi connectivity index (χ1n) is 5.91. The van der Waals surface area contributed by atoms with Crippen LogP contribution >= 0.6 is 0 Å². The van der Waals surface area contributed by atoms with Crippen molar-refractivity contribution in [3.8, 4) is 5.75 Å². The highest BCUT2D eigenvalue weighted by Gasteiger charge is 2.06. The van der Waals surface area contributed by atoms with E-state index in [4.69, 9.17) is 5.73 Å². The zero-order valence-corrected chi connectivity index (χ0v) is 10.7. The van der Waals surface area contributed by atoms with Crippen LogP contribution in [-0.2, 0) is 6.54 Å². The van der Waals surface area contributed by atoms with Crippen LogP contribution in [0.5, 0.6) is 5.75 Å². The highest BCUT2D eigenvalue weighted by atomic mass is 16.3. The molecule has 2 aromatic carbocycles. The van der Waals surface area contributed by atoms with Crippen LogP contribution in [0.25, 0.3) is 0 Å². The molecule has 0 aliphatic heterocycles. The topological polar surface area (TPSA) is 49.5 Å². The summed E-state index contributed by atoms with van der Waals surface area (Å²) in [6, 6.07) is 13.4. The van der Waals surface area contributed by atoms with E-state index in [1.165, 1.54) is 5.56 Å². The summed E-state index contributed by atoms with van der Waals surface area (Å²) >= 11 is 0. The van der Waals surface area contributed by atoms with Gasteiger partial charge in [0.25, 0.3) is 0 Å². The lowest BCUT2D eigenvalue weighted by atomic mass is 10.1. The minimum absolute atomic E-state index is 0.281. The van der Waals surface area contributed by atoms with Gasteiger partial charge in [0.15, 0.2) is 0 Å². The van der Waals surface area contributed by atoms with Crippen LogP contribution in [-0.4, -0.2) is 12.2 Å². The number of anilines is 2. The summed E-state index contributed by atoms with van der Waals surface area (Å²) in [5, 5.41) is 9.80. The lowest BCUT2D eigenvalue weighted by Crippen LogP contribution is -2.16. The maximum absolute atomic E-state index is 9.80. The maximum Gasteiger partial charge on any atom is 0.120 e. The van der Waals surface area contributed by atoms with Crippen molar-refractivity contribution >= 4 is 11.4 Å². The predicted molar refractivity (Wildman–Crippen MR) is 75.8 cm³/mol. The van der Waals surface area contributed by atoms with E-state index in [0.29, 0.717) is 12.2 Å². The third-order valence-electron chi connectivity index (χ3n) is 2.95. The first-order chi connectivity index (χ1) is 8.56. The summed E-state index contributed by atoms with van der Waals surface area (Å²) in [5.41, 5.74) is 9.58. The van der Waals surface area contributed by atoms with Crippen LogP contribution in [0.2, 0.25) is 0 Å². The van der Waals surface area contributed by atoms with Gasteiger partial charge < -0.3 is 15.7 Å². The van der Waals surface area contributed by atoms with E-state index in [1.807, 2.05) is 19.2 Å². The molecule has 2 aromatic rings. The predicted octanol–water partition coefficient (Wildman–Crippen LogP) is 2.92. The number of rotatable bonds is 3. The molecular weight excluding hydrogens is 224 g/mol. The minimum atomic E-state index is 0.281. The molecule has 0 fully saturated rings. The molecule has 0 bridgehead atoms. The van der Waals surface area contributed by atoms with Crippen LogP contribution in [0.15, 0.2) is 42.5 Å². The fourth-order valence-corrected chi connectivity index (χ4v) is 1.94. The summed E-state index contributed by atoms with van der Waals surface area (Å²) < 4.78 is 0. The van der Waals surface area contributed by atoms with E-state index < -0.39 is 0 Å². The zero-order chi connectivity index (χ0) is 13.1. The first kappa shape index (κ1) is 12.3. The summed E-state index contributed by atoms with van der Waals surface area (Å²) in [6.07, 6.45) is 0. The van der Waals surface area contributed by atoms with Crippen LogP contribution in [0.4, 0.5) is 11.4 Å². The number of hydrogen-bond acceptors (Lipinski definition) is 3. The third-order valence-corrected chi connectivity index (χ3v) is 2.95. The van der Waals surface area contributed by atoms with Gasteiger partial charge in [0.2, 0.25) is 0 Å². The number of aromatic hydroxyl groups is 1. The van der Waals surface area contributed by atoms with E-state index in [2.05, 4.69) is 30.0 Å². The van der Waals surface area contributed by atoms with Gasteiger partial charge in [0.1, 0.15) is 5.75 Å². The fourth-order valence-electron chi connectivity index (χ4n) is 1.94. The van der Waals surface area contributed by atoms with Crippen molar-refractivity contribution in [3.63, 3.8) is 0 Å². The van der Waals surface area contributed by atoms with Crippen molar-refractivity contribution < 1.29 is 5.11 Å². The van der Waals surface area contributed by atoms with Crippen molar-refractivity contribution in [3.05, 3.63) is 53.6 Å². The van der Waals surface area contributed by atoms with Gasteiger partial charge in [-0.15, -0.1) is 0 Å². The van der Waals surface area contributed by atoms with Gasteiger partial charge in [-0.1, -0.05) is 12.1 Å². The number of nitrogen functional groups attached to an aromatic ring is 1. The van der Waals surface area contributed by atoms with Crippen molar-refractivity contribution in [1.82, 2.24) is 0 Å². The summed E-state index contributed by atoms with van der Waals surface area (Å²) in [6.45, 7) is 2.69. The van der Waals surface area contributed by atoms with E-state index in [-0.39, 0.29) is 5.75 Å². The fraction of sp³-hybridized carbons (Fsp3) is 0.200. The normalized spacial score (nSPS) is 10.3. The molecule has 3 heteroatoms. The Morgan fingerprint density at radius 2 is 1.94 bits per heavy atom. The van der Waals surface area contributed by atoms with Crippen molar-refractivity contribution in [2.45, 2.75) is 13.5 Å². The highest BCUT2D eigenvalue weighted by Crippen LogP contribution is 2.23. The van der Waals surface area contributed by atoms with Gasteiger partial charge in [0, 0.05) is 30.5 Å². The minimum Gasteiger partial charge on any atom is -0.508 e. The number of benzene rings is 2. The second-order valence-corrected chi connectivity index (χ2v) is 4.58. The standard InChI is InChI=1S/C15H18N2O/c1-11-4-3-5-14(8-11)17(2)10-12-9-13(16)6-7-15(12)18/h3-9,18H,10,16H2,1-2H3. The highest BCUT2D eigenvalue weighted by molar-refractivity contribution is 5.52. The molecule has 18 heavy (non-hydrogen) atoms. The molecule has 0 atom stereocenters. The van der Waals surface area contributed by atoms with E-state index in [9.17, 15) is 5.11 Å². The van der Waals surface area contributed by atoms with Gasteiger partial charge in [-0.3, -0.25) is 0 Å². The Kier molecular flexibility index (Phi) is 3.42. The largest absolute Gasteiger partial charge is 0.508 e. The van der Waals surface area contributed by atoms with Gasteiger partial charge >= 0.3 is 0 Å². The summed E-state index contributed by atoms with van der Waals surface area (Å²) in [4.78, 5) is 2.08. The lowest BCUT2D eigenvalue weighted by molar-refractivity contribution is 0.468. The Bertz CT molecular complexity index is 552. The molecule has 0 amide bonds. The van der Waals surface area contributed by atoms with Gasteiger partial charge in [0.05, 0.1) is 0 Å². The maximum atomic E-state index is 9.80. The third kappa shape index (κ3) is 2.74. The van der Waals surface area contributed by atoms with E-state index in [0.717, 1.165) is 11.3 Å². The van der Waals surface area contributed by atoms with Gasteiger partial charge in [-0.2, -0.15) is 0 Å². The monoisotopic (exact) mass is 242 g/mol. The first-order valence-corrected chi connectivity index (χ1v) is 5.91. The molecule has 0 aliphatic rings. The second-order valence-electron chi connectivity index (χ2n) is 4.58. The second kappa shape index (κ2) is 5.00. The number of phenols is 1. The number of hydrogen-bond donors (Lipinski definition) is 2. The lowest BCUT2D eigenvalue weighted by Gasteiger charge is -2.20. The molecule has 3 nitrogen and oxygen atoms in total. The van der Waals surface area contributed by atoms with Crippen LogP contribution in [0.3, 0.4) is 0 Å². The molecule has 0 spiro atoms. The quantitative estimate of drug-likeness (QED) is 0.642. The Hall–Kier alpha value is -2.16. The SMILES string of the molecule is Cc1cccc(N(C)Cc2cc(N)ccc2O)c1. The Morgan fingerprint density at radius 3 is 2.67 bits per heavy atom. The number of nitrogens with zero attached hydrogens (tertiary/aromatic N) is 1. The average molecular weight is 242 g/mol. The Morgan fingerprint density at radius 1 is 1.17 bits per heavy atom. The molecule has 2 rings (SSSR count).